The number of hydrogen-bond acceptors (Lipinski definition) is 2. The van der Waals surface area contributed by atoms with Gasteiger partial charge in [0.2, 0.25) is 0 Å². The van der Waals surface area contributed by atoms with Gasteiger partial charge in [-0.05, 0) is 17.5 Å². The summed E-state index contributed by atoms with van der Waals surface area (Å²) in [7, 11) is 0. The monoisotopic (exact) mass is 263 g/mol. The molecule has 5 heteroatoms. The molecule has 17 heavy (non-hydrogen) atoms. The van der Waals surface area contributed by atoms with Crippen LogP contribution in [0.1, 0.15) is 32.4 Å². The Morgan fingerprint density at radius 2 is 1.82 bits per heavy atom. The lowest BCUT2D eigenvalue weighted by atomic mass is 9.82. The molecule has 0 unspecified atom stereocenters. The molecular formula is C12H16ClF2NO. The van der Waals surface area contributed by atoms with Gasteiger partial charge in [0.05, 0.1) is 17.2 Å². The third-order valence-electron chi connectivity index (χ3n) is 2.64. The second-order valence-corrected chi connectivity index (χ2v) is 5.50. The molecule has 2 atom stereocenters. The van der Waals surface area contributed by atoms with E-state index in [4.69, 9.17) is 17.3 Å². The van der Waals surface area contributed by atoms with Crippen molar-refractivity contribution >= 4 is 11.6 Å². The second kappa shape index (κ2) is 4.88. The highest BCUT2D eigenvalue weighted by atomic mass is 35.5. The van der Waals surface area contributed by atoms with Gasteiger partial charge in [-0.1, -0.05) is 32.4 Å². The van der Waals surface area contributed by atoms with Crippen LogP contribution in [0.4, 0.5) is 8.78 Å². The van der Waals surface area contributed by atoms with Crippen LogP contribution in [0.25, 0.3) is 0 Å². The second-order valence-electron chi connectivity index (χ2n) is 5.09. The SMILES string of the molecule is CC(C)(C)[C@H](O)[C@H](N)c1c(F)ccc(Cl)c1F. The molecule has 1 aromatic carbocycles. The minimum absolute atomic E-state index is 0.210. The molecule has 0 heterocycles. The normalized spacial score (nSPS) is 15.8. The average molecular weight is 264 g/mol. The molecule has 1 rings (SSSR count). The van der Waals surface area contributed by atoms with Gasteiger partial charge in [-0.3, -0.25) is 0 Å². The molecule has 96 valence electrons. The summed E-state index contributed by atoms with van der Waals surface area (Å²) in [4.78, 5) is 0. The van der Waals surface area contributed by atoms with Gasteiger partial charge in [0.1, 0.15) is 11.6 Å². The Kier molecular flexibility index (Phi) is 4.12. The van der Waals surface area contributed by atoms with Crippen LogP contribution in [0, 0.1) is 17.0 Å². The van der Waals surface area contributed by atoms with Crippen LogP contribution in [0.3, 0.4) is 0 Å². The number of hydrogen-bond donors (Lipinski definition) is 2. The Bertz CT molecular complexity index is 418. The third-order valence-corrected chi connectivity index (χ3v) is 2.93. The van der Waals surface area contributed by atoms with Gasteiger partial charge >= 0.3 is 0 Å². The number of aliphatic hydroxyl groups excluding tert-OH is 1. The molecule has 3 N–H and O–H groups in total. The Balaban J connectivity index is 3.21. The van der Waals surface area contributed by atoms with Crippen molar-refractivity contribution in [3.05, 3.63) is 34.4 Å². The third kappa shape index (κ3) is 2.94. The number of benzene rings is 1. The van der Waals surface area contributed by atoms with Crippen LogP contribution in [0.5, 0.6) is 0 Å². The summed E-state index contributed by atoms with van der Waals surface area (Å²) in [6.45, 7) is 5.20. The fourth-order valence-electron chi connectivity index (χ4n) is 1.54. The highest BCUT2D eigenvalue weighted by molar-refractivity contribution is 6.30. The van der Waals surface area contributed by atoms with Gasteiger partial charge in [-0.15, -0.1) is 0 Å². The van der Waals surface area contributed by atoms with E-state index >= 15 is 0 Å². The van der Waals surface area contributed by atoms with E-state index in [0.717, 1.165) is 12.1 Å². The summed E-state index contributed by atoms with van der Waals surface area (Å²) < 4.78 is 27.2. The Labute approximate surface area is 104 Å². The zero-order valence-corrected chi connectivity index (χ0v) is 10.7. The van der Waals surface area contributed by atoms with E-state index in [-0.39, 0.29) is 10.6 Å². The van der Waals surface area contributed by atoms with Crippen molar-refractivity contribution in [2.75, 3.05) is 0 Å². The number of nitrogens with two attached hydrogens (primary N) is 1. The van der Waals surface area contributed by atoms with Crippen molar-refractivity contribution in [1.29, 1.82) is 0 Å². The maximum absolute atomic E-state index is 13.7. The first-order chi connectivity index (χ1) is 7.66. The maximum Gasteiger partial charge on any atom is 0.149 e. The van der Waals surface area contributed by atoms with Crippen LogP contribution in [-0.2, 0) is 0 Å². The molecule has 0 amide bonds. The lowest BCUT2D eigenvalue weighted by Gasteiger charge is -2.31. The van der Waals surface area contributed by atoms with Gasteiger partial charge in [0, 0.05) is 5.56 Å². The van der Waals surface area contributed by atoms with Gasteiger partial charge < -0.3 is 10.8 Å². The molecule has 0 aliphatic heterocycles. The average Bonchev–Trinajstić information content (AvgIpc) is 2.21. The minimum Gasteiger partial charge on any atom is -0.391 e. The standard InChI is InChI=1S/C12H16ClF2NO/c1-12(2,3)11(17)10(16)8-7(14)5-4-6(13)9(8)15/h4-5,10-11,17H,16H2,1-3H3/t10-,11-/m1/s1. The van der Waals surface area contributed by atoms with Gasteiger partial charge in [-0.25, -0.2) is 8.78 Å². The molecule has 0 saturated carbocycles. The van der Waals surface area contributed by atoms with Crippen LogP contribution < -0.4 is 5.73 Å². The predicted molar refractivity (Wildman–Crippen MR) is 63.8 cm³/mol. The minimum atomic E-state index is -1.16. The van der Waals surface area contributed by atoms with Crippen LogP contribution in [0.15, 0.2) is 12.1 Å². The van der Waals surface area contributed by atoms with E-state index in [0.29, 0.717) is 0 Å². The van der Waals surface area contributed by atoms with Crippen molar-refractivity contribution in [3.8, 4) is 0 Å². The molecule has 0 saturated heterocycles. The summed E-state index contributed by atoms with van der Waals surface area (Å²) in [6, 6.07) is 0.996. The molecule has 0 spiro atoms. The first kappa shape index (κ1) is 14.4. The molecule has 0 aliphatic rings. The van der Waals surface area contributed by atoms with Crippen molar-refractivity contribution in [1.82, 2.24) is 0 Å². The van der Waals surface area contributed by atoms with E-state index in [1.807, 2.05) is 0 Å². The molecular weight excluding hydrogens is 248 g/mol. The predicted octanol–water partition coefficient (Wildman–Crippen LogP) is 3.03. The Morgan fingerprint density at radius 3 is 2.29 bits per heavy atom. The first-order valence-corrected chi connectivity index (χ1v) is 5.61. The molecule has 2 nitrogen and oxygen atoms in total. The largest absolute Gasteiger partial charge is 0.391 e. The van der Waals surface area contributed by atoms with E-state index < -0.39 is 29.2 Å². The summed E-state index contributed by atoms with van der Waals surface area (Å²) >= 11 is 5.57. The van der Waals surface area contributed by atoms with Crippen molar-refractivity contribution in [3.63, 3.8) is 0 Å². The van der Waals surface area contributed by atoms with Crippen LogP contribution in [0.2, 0.25) is 5.02 Å². The van der Waals surface area contributed by atoms with E-state index in [9.17, 15) is 13.9 Å². The van der Waals surface area contributed by atoms with Gasteiger partial charge in [-0.2, -0.15) is 0 Å². The van der Waals surface area contributed by atoms with Crippen molar-refractivity contribution in [2.45, 2.75) is 32.9 Å². The summed E-state index contributed by atoms with van der Waals surface area (Å²) in [5.74, 6) is -1.72. The molecule has 1 aromatic rings. The van der Waals surface area contributed by atoms with Crippen molar-refractivity contribution in [2.24, 2.45) is 11.1 Å². The van der Waals surface area contributed by atoms with E-state index in [2.05, 4.69) is 0 Å². The first-order valence-electron chi connectivity index (χ1n) is 5.23. The van der Waals surface area contributed by atoms with Gasteiger partial charge in [0.15, 0.2) is 0 Å². The topological polar surface area (TPSA) is 46.2 Å². The highest BCUT2D eigenvalue weighted by Gasteiger charge is 2.32. The van der Waals surface area contributed by atoms with E-state index in [1.165, 1.54) is 0 Å². The summed E-state index contributed by atoms with van der Waals surface area (Å²) in [5.41, 5.74) is 4.75. The number of halogens is 3. The zero-order valence-electron chi connectivity index (χ0n) is 9.97. The molecule has 0 aromatic heterocycles. The molecule has 0 bridgehead atoms. The van der Waals surface area contributed by atoms with Gasteiger partial charge in [0.25, 0.3) is 0 Å². The van der Waals surface area contributed by atoms with Crippen LogP contribution in [-0.4, -0.2) is 11.2 Å². The number of rotatable bonds is 2. The molecule has 0 radical (unpaired) electrons. The van der Waals surface area contributed by atoms with Crippen LogP contribution >= 0.6 is 11.6 Å². The molecule has 0 aliphatic carbocycles. The quantitative estimate of drug-likeness (QED) is 0.806. The smallest absolute Gasteiger partial charge is 0.149 e. The fraction of sp³-hybridized carbons (Fsp3) is 0.500. The van der Waals surface area contributed by atoms with E-state index in [1.54, 1.807) is 20.8 Å². The number of aliphatic hydroxyl groups is 1. The Hall–Kier alpha value is -0.710. The summed E-state index contributed by atoms with van der Waals surface area (Å²) in [5, 5.41) is 9.74. The zero-order chi connectivity index (χ0) is 13.4. The fourth-order valence-corrected chi connectivity index (χ4v) is 1.71. The maximum atomic E-state index is 13.7. The van der Waals surface area contributed by atoms with Crippen molar-refractivity contribution < 1.29 is 13.9 Å². The Morgan fingerprint density at radius 1 is 1.29 bits per heavy atom. The lowest BCUT2D eigenvalue weighted by molar-refractivity contribution is 0.0381. The summed E-state index contributed by atoms with van der Waals surface area (Å²) in [6.07, 6.45) is -1.08. The highest BCUT2D eigenvalue weighted by Crippen LogP contribution is 2.33. The lowest BCUT2D eigenvalue weighted by Crippen LogP contribution is -2.38. The molecule has 0 fully saturated rings.